The normalized spacial score (nSPS) is 12.0. The number of benzene rings is 1. The molecule has 112 valence electrons. The molecule has 0 fully saturated rings. The number of nitrogens with zero attached hydrogens (tertiary/aromatic N) is 1. The number of amides is 1. The number of carbonyl (C=O) groups is 1. The van der Waals surface area contributed by atoms with Crippen LogP contribution in [-0.4, -0.2) is 37.0 Å². The molecule has 0 heterocycles. The van der Waals surface area contributed by atoms with E-state index in [1.807, 2.05) is 31.2 Å². The number of ether oxygens (including phenoxy) is 1. The molecule has 1 unspecified atom stereocenters. The van der Waals surface area contributed by atoms with E-state index in [0.717, 1.165) is 24.2 Å². The number of nitrogens with two attached hydrogens (primary N) is 1. The van der Waals surface area contributed by atoms with Crippen LogP contribution in [0.2, 0.25) is 0 Å². The molecule has 0 aliphatic rings. The van der Waals surface area contributed by atoms with E-state index < -0.39 is 0 Å². The molecule has 2 N–H and O–H groups in total. The Kier molecular flexibility index (Phi) is 7.09. The van der Waals surface area contributed by atoms with Gasteiger partial charge in [0.25, 0.3) is 0 Å². The number of aryl methyl sites for hydroxylation is 1. The average Bonchev–Trinajstić information content (AvgIpc) is 2.38. The van der Waals surface area contributed by atoms with Crippen LogP contribution in [0.5, 0.6) is 5.75 Å². The molecule has 0 aromatic heterocycles. The summed E-state index contributed by atoms with van der Waals surface area (Å²) in [7, 11) is 1.79. The number of likely N-dealkylation sites (N-methyl/N-ethyl adjacent to an activating group) is 1. The quantitative estimate of drug-likeness (QED) is 0.794. The number of rotatable bonds is 8. The van der Waals surface area contributed by atoms with Crippen LogP contribution in [0.4, 0.5) is 0 Å². The Balaban J connectivity index is 2.28. The molecule has 0 spiro atoms. The highest BCUT2D eigenvalue weighted by Crippen LogP contribution is 2.12. The maximum absolute atomic E-state index is 11.9. The smallest absolute Gasteiger partial charge is 0.223 e. The summed E-state index contributed by atoms with van der Waals surface area (Å²) in [6.07, 6.45) is 2.31. The first kappa shape index (κ1) is 16.5. The summed E-state index contributed by atoms with van der Waals surface area (Å²) in [6, 6.07) is 7.86. The van der Waals surface area contributed by atoms with Gasteiger partial charge in [-0.1, -0.05) is 25.5 Å². The van der Waals surface area contributed by atoms with Crippen molar-refractivity contribution < 1.29 is 9.53 Å². The first-order valence-corrected chi connectivity index (χ1v) is 7.22. The van der Waals surface area contributed by atoms with Crippen molar-refractivity contribution in [2.24, 2.45) is 5.73 Å². The van der Waals surface area contributed by atoms with E-state index in [-0.39, 0.29) is 11.9 Å². The lowest BCUT2D eigenvalue weighted by molar-refractivity contribution is -0.130. The Bertz CT molecular complexity index is 421. The van der Waals surface area contributed by atoms with Crippen LogP contribution in [0.15, 0.2) is 24.3 Å². The first-order valence-electron chi connectivity index (χ1n) is 7.22. The van der Waals surface area contributed by atoms with Gasteiger partial charge >= 0.3 is 0 Å². The van der Waals surface area contributed by atoms with E-state index in [1.54, 1.807) is 11.9 Å². The zero-order valence-corrected chi connectivity index (χ0v) is 12.8. The molecular formula is C16H26N2O2. The molecule has 4 nitrogen and oxygen atoms in total. The van der Waals surface area contributed by atoms with Crippen molar-refractivity contribution in [3.8, 4) is 5.75 Å². The zero-order chi connectivity index (χ0) is 15.0. The molecule has 1 atom stereocenters. The lowest BCUT2D eigenvalue weighted by atomic mass is 10.1. The summed E-state index contributed by atoms with van der Waals surface area (Å²) in [5, 5.41) is 0. The SMILES string of the molecule is CCCC(N)CC(=O)N(C)CCOc1cccc(C)c1. The van der Waals surface area contributed by atoms with Crippen LogP contribution in [0.1, 0.15) is 31.7 Å². The van der Waals surface area contributed by atoms with E-state index in [0.29, 0.717) is 19.6 Å². The number of hydrogen-bond donors (Lipinski definition) is 1. The molecule has 1 aromatic rings. The van der Waals surface area contributed by atoms with Crippen LogP contribution >= 0.6 is 0 Å². The van der Waals surface area contributed by atoms with E-state index in [2.05, 4.69) is 6.92 Å². The van der Waals surface area contributed by atoms with Crippen LogP contribution in [0, 0.1) is 6.92 Å². The van der Waals surface area contributed by atoms with Gasteiger partial charge in [0, 0.05) is 19.5 Å². The minimum absolute atomic E-state index is 0.0346. The molecule has 4 heteroatoms. The predicted molar refractivity (Wildman–Crippen MR) is 81.8 cm³/mol. The fraction of sp³-hybridized carbons (Fsp3) is 0.562. The van der Waals surface area contributed by atoms with E-state index in [4.69, 9.17) is 10.5 Å². The largest absolute Gasteiger partial charge is 0.492 e. The molecule has 0 saturated carbocycles. The van der Waals surface area contributed by atoms with Crippen LogP contribution in [0.25, 0.3) is 0 Å². The third-order valence-corrected chi connectivity index (χ3v) is 3.21. The van der Waals surface area contributed by atoms with Crippen molar-refractivity contribution in [2.45, 2.75) is 39.2 Å². The van der Waals surface area contributed by atoms with Crippen molar-refractivity contribution in [3.63, 3.8) is 0 Å². The summed E-state index contributed by atoms with van der Waals surface area (Å²) in [5.41, 5.74) is 7.04. The summed E-state index contributed by atoms with van der Waals surface area (Å²) in [4.78, 5) is 13.6. The molecule has 1 rings (SSSR count). The fourth-order valence-electron chi connectivity index (χ4n) is 1.98. The average molecular weight is 278 g/mol. The molecule has 0 saturated heterocycles. The van der Waals surface area contributed by atoms with Gasteiger partial charge in [-0.15, -0.1) is 0 Å². The first-order chi connectivity index (χ1) is 9.52. The standard InChI is InChI=1S/C16H26N2O2/c1-4-6-14(17)12-16(19)18(3)9-10-20-15-8-5-7-13(2)11-15/h5,7-8,11,14H,4,6,9-10,12,17H2,1-3H3. The highest BCUT2D eigenvalue weighted by molar-refractivity contribution is 5.76. The minimum Gasteiger partial charge on any atom is -0.492 e. The summed E-state index contributed by atoms with van der Waals surface area (Å²) in [5.74, 6) is 0.923. The number of hydrogen-bond acceptors (Lipinski definition) is 3. The fourth-order valence-corrected chi connectivity index (χ4v) is 1.98. The molecular weight excluding hydrogens is 252 g/mol. The second-order valence-corrected chi connectivity index (χ2v) is 5.23. The maximum atomic E-state index is 11.9. The minimum atomic E-state index is -0.0346. The van der Waals surface area contributed by atoms with Gasteiger partial charge in [-0.3, -0.25) is 4.79 Å². The van der Waals surface area contributed by atoms with Gasteiger partial charge in [0.15, 0.2) is 0 Å². The van der Waals surface area contributed by atoms with Crippen molar-refractivity contribution in [3.05, 3.63) is 29.8 Å². The lowest BCUT2D eigenvalue weighted by Crippen LogP contribution is -2.35. The van der Waals surface area contributed by atoms with Crippen LogP contribution in [0.3, 0.4) is 0 Å². The Morgan fingerprint density at radius 2 is 2.20 bits per heavy atom. The summed E-state index contributed by atoms with van der Waals surface area (Å²) in [6.45, 7) is 5.17. The van der Waals surface area contributed by atoms with Crippen LogP contribution in [-0.2, 0) is 4.79 Å². The number of carbonyl (C=O) groups excluding carboxylic acids is 1. The van der Waals surface area contributed by atoms with Gasteiger partial charge in [-0.25, -0.2) is 0 Å². The Morgan fingerprint density at radius 1 is 1.45 bits per heavy atom. The zero-order valence-electron chi connectivity index (χ0n) is 12.8. The molecule has 1 aromatic carbocycles. The molecule has 0 aliphatic carbocycles. The summed E-state index contributed by atoms with van der Waals surface area (Å²) < 4.78 is 5.63. The van der Waals surface area contributed by atoms with Gasteiger partial charge < -0.3 is 15.4 Å². The highest BCUT2D eigenvalue weighted by Gasteiger charge is 2.13. The predicted octanol–water partition coefficient (Wildman–Crippen LogP) is 2.35. The Hall–Kier alpha value is -1.55. The van der Waals surface area contributed by atoms with Gasteiger partial charge in [0.2, 0.25) is 5.91 Å². The maximum Gasteiger partial charge on any atom is 0.223 e. The molecule has 0 radical (unpaired) electrons. The molecule has 20 heavy (non-hydrogen) atoms. The van der Waals surface area contributed by atoms with E-state index in [9.17, 15) is 4.79 Å². The topological polar surface area (TPSA) is 55.6 Å². The molecule has 1 amide bonds. The van der Waals surface area contributed by atoms with Crippen LogP contribution < -0.4 is 10.5 Å². The van der Waals surface area contributed by atoms with E-state index >= 15 is 0 Å². The Labute approximate surface area is 121 Å². The van der Waals surface area contributed by atoms with Gasteiger partial charge in [0.1, 0.15) is 12.4 Å². The van der Waals surface area contributed by atoms with Crippen molar-refractivity contribution in [1.29, 1.82) is 0 Å². The Morgan fingerprint density at radius 3 is 2.85 bits per heavy atom. The monoisotopic (exact) mass is 278 g/mol. The van der Waals surface area contributed by atoms with Gasteiger partial charge in [-0.05, 0) is 31.0 Å². The van der Waals surface area contributed by atoms with Crippen molar-refractivity contribution in [2.75, 3.05) is 20.2 Å². The summed E-state index contributed by atoms with van der Waals surface area (Å²) >= 11 is 0. The van der Waals surface area contributed by atoms with Gasteiger partial charge in [-0.2, -0.15) is 0 Å². The van der Waals surface area contributed by atoms with Crippen molar-refractivity contribution >= 4 is 5.91 Å². The van der Waals surface area contributed by atoms with Gasteiger partial charge in [0.05, 0.1) is 6.54 Å². The third-order valence-electron chi connectivity index (χ3n) is 3.21. The third kappa shape index (κ3) is 6.06. The van der Waals surface area contributed by atoms with Crippen molar-refractivity contribution in [1.82, 2.24) is 4.90 Å². The van der Waals surface area contributed by atoms with E-state index in [1.165, 1.54) is 0 Å². The molecule has 0 aliphatic heterocycles. The second-order valence-electron chi connectivity index (χ2n) is 5.23. The highest BCUT2D eigenvalue weighted by atomic mass is 16.5. The lowest BCUT2D eigenvalue weighted by Gasteiger charge is -2.19. The second kappa shape index (κ2) is 8.59. The molecule has 0 bridgehead atoms.